The topological polar surface area (TPSA) is 55.1 Å². The molecule has 0 aromatic heterocycles. The van der Waals surface area contributed by atoms with E-state index >= 15 is 0 Å². The van der Waals surface area contributed by atoms with Crippen molar-refractivity contribution in [1.29, 1.82) is 0 Å². The molecule has 96 valence electrons. The molecule has 2 fully saturated rings. The third-order valence-corrected chi connectivity index (χ3v) is 4.18. The number of hydrogen-bond acceptors (Lipinski definition) is 2. The zero-order chi connectivity index (χ0) is 12.7. The van der Waals surface area contributed by atoms with Crippen molar-refractivity contribution < 1.29 is 4.79 Å². The number of nitrogen functional groups attached to an aromatic ring is 1. The van der Waals surface area contributed by atoms with Gasteiger partial charge in [-0.25, -0.2) is 0 Å². The molecule has 0 unspecified atom stereocenters. The second-order valence-electron chi connectivity index (χ2n) is 5.38. The molecule has 0 aliphatic heterocycles. The molecule has 0 saturated heterocycles. The highest BCUT2D eigenvalue weighted by molar-refractivity contribution is 6.33. The van der Waals surface area contributed by atoms with Crippen LogP contribution in [0.25, 0.3) is 0 Å². The summed E-state index contributed by atoms with van der Waals surface area (Å²) in [4.78, 5) is 12.2. The summed E-state index contributed by atoms with van der Waals surface area (Å²) in [5.41, 5.74) is 6.72. The van der Waals surface area contributed by atoms with Gasteiger partial charge in [0, 0.05) is 6.04 Å². The zero-order valence-electron chi connectivity index (χ0n) is 10.2. The van der Waals surface area contributed by atoms with Crippen molar-refractivity contribution in [2.75, 3.05) is 5.73 Å². The average Bonchev–Trinajstić information content (AvgIpc) is 3.22. The molecule has 2 saturated carbocycles. The van der Waals surface area contributed by atoms with Gasteiger partial charge < -0.3 is 11.1 Å². The third kappa shape index (κ3) is 2.32. The number of nitrogens with one attached hydrogen (secondary N) is 1. The second kappa shape index (κ2) is 4.47. The van der Waals surface area contributed by atoms with Gasteiger partial charge in [-0.2, -0.15) is 0 Å². The van der Waals surface area contributed by atoms with Gasteiger partial charge in [0.2, 0.25) is 0 Å². The molecular weight excluding hydrogens is 248 g/mol. The highest BCUT2D eigenvalue weighted by atomic mass is 35.5. The van der Waals surface area contributed by atoms with Crippen molar-refractivity contribution in [2.24, 2.45) is 11.8 Å². The first-order valence-corrected chi connectivity index (χ1v) is 6.89. The fraction of sp³-hybridized carbons (Fsp3) is 0.500. The van der Waals surface area contributed by atoms with Gasteiger partial charge in [-0.05, 0) is 49.7 Å². The molecule has 2 aliphatic carbocycles. The van der Waals surface area contributed by atoms with Crippen LogP contribution < -0.4 is 11.1 Å². The number of amides is 1. The van der Waals surface area contributed by atoms with Crippen LogP contribution in [0.3, 0.4) is 0 Å². The van der Waals surface area contributed by atoms with E-state index < -0.39 is 0 Å². The molecule has 2 aliphatic rings. The van der Waals surface area contributed by atoms with Crippen LogP contribution in [0.5, 0.6) is 0 Å². The van der Waals surface area contributed by atoms with Gasteiger partial charge in [0.1, 0.15) is 0 Å². The van der Waals surface area contributed by atoms with Gasteiger partial charge in [0.05, 0.1) is 16.3 Å². The molecule has 3 rings (SSSR count). The lowest BCUT2D eigenvalue weighted by atomic mass is 10.1. The number of rotatable bonds is 4. The van der Waals surface area contributed by atoms with Crippen molar-refractivity contribution in [3.63, 3.8) is 0 Å². The first kappa shape index (κ1) is 11.8. The van der Waals surface area contributed by atoms with E-state index in [9.17, 15) is 4.79 Å². The molecule has 0 bridgehead atoms. The molecule has 0 radical (unpaired) electrons. The Hall–Kier alpha value is -1.22. The van der Waals surface area contributed by atoms with Crippen LogP contribution in [0.2, 0.25) is 5.02 Å². The van der Waals surface area contributed by atoms with E-state index in [4.69, 9.17) is 17.3 Å². The van der Waals surface area contributed by atoms with Crippen LogP contribution in [0.4, 0.5) is 5.69 Å². The lowest BCUT2D eigenvalue weighted by Crippen LogP contribution is -2.38. The maximum atomic E-state index is 12.2. The van der Waals surface area contributed by atoms with Gasteiger partial charge in [0.15, 0.2) is 0 Å². The number of hydrogen-bond donors (Lipinski definition) is 2. The van der Waals surface area contributed by atoms with Crippen molar-refractivity contribution in [3.05, 3.63) is 28.8 Å². The summed E-state index contributed by atoms with van der Waals surface area (Å²) in [6, 6.07) is 5.54. The predicted octanol–water partition coefficient (Wildman–Crippen LogP) is 2.84. The van der Waals surface area contributed by atoms with E-state index in [0.29, 0.717) is 34.2 Å². The summed E-state index contributed by atoms with van der Waals surface area (Å²) in [5, 5.41) is 3.59. The smallest absolute Gasteiger partial charge is 0.253 e. The van der Waals surface area contributed by atoms with E-state index in [2.05, 4.69) is 5.32 Å². The molecule has 18 heavy (non-hydrogen) atoms. The van der Waals surface area contributed by atoms with E-state index in [1.807, 2.05) is 0 Å². The Bertz CT molecular complexity index is 469. The first-order chi connectivity index (χ1) is 8.66. The number of benzene rings is 1. The van der Waals surface area contributed by atoms with Gasteiger partial charge >= 0.3 is 0 Å². The molecule has 3 N–H and O–H groups in total. The van der Waals surface area contributed by atoms with E-state index in [-0.39, 0.29) is 5.91 Å². The highest BCUT2D eigenvalue weighted by Gasteiger charge is 2.42. The van der Waals surface area contributed by atoms with Crippen LogP contribution in [0.15, 0.2) is 18.2 Å². The Balaban J connectivity index is 1.75. The number of halogens is 1. The van der Waals surface area contributed by atoms with E-state index in [1.54, 1.807) is 18.2 Å². The third-order valence-electron chi connectivity index (χ3n) is 3.86. The van der Waals surface area contributed by atoms with Crippen molar-refractivity contribution in [1.82, 2.24) is 5.32 Å². The lowest BCUT2D eigenvalue weighted by Gasteiger charge is -2.18. The summed E-state index contributed by atoms with van der Waals surface area (Å²) in [7, 11) is 0. The highest BCUT2D eigenvalue weighted by Crippen LogP contribution is 2.44. The molecule has 1 aromatic rings. The van der Waals surface area contributed by atoms with Gasteiger partial charge in [-0.15, -0.1) is 0 Å². The van der Waals surface area contributed by atoms with Crippen LogP contribution in [0.1, 0.15) is 36.0 Å². The summed E-state index contributed by atoms with van der Waals surface area (Å²) in [5.74, 6) is 1.28. The molecule has 1 aromatic carbocycles. The number of carbonyl (C=O) groups is 1. The minimum Gasteiger partial charge on any atom is -0.397 e. The number of anilines is 1. The van der Waals surface area contributed by atoms with E-state index in [0.717, 1.165) is 0 Å². The first-order valence-electron chi connectivity index (χ1n) is 6.51. The van der Waals surface area contributed by atoms with Crippen LogP contribution in [0, 0.1) is 11.8 Å². The molecule has 3 nitrogen and oxygen atoms in total. The standard InChI is InChI=1S/C14H17ClN2O/c15-11-3-1-2-10(12(11)16)14(18)17-13(8-4-5-8)9-6-7-9/h1-3,8-9,13H,4-7,16H2,(H,17,18). The zero-order valence-corrected chi connectivity index (χ0v) is 10.9. The van der Waals surface area contributed by atoms with Crippen molar-refractivity contribution >= 4 is 23.2 Å². The summed E-state index contributed by atoms with van der Waals surface area (Å²) >= 11 is 5.94. The largest absolute Gasteiger partial charge is 0.397 e. The van der Waals surface area contributed by atoms with Crippen molar-refractivity contribution in [2.45, 2.75) is 31.7 Å². The van der Waals surface area contributed by atoms with Crippen LogP contribution in [-0.4, -0.2) is 11.9 Å². The Morgan fingerprint density at radius 2 is 1.89 bits per heavy atom. The molecule has 0 heterocycles. The number of nitrogens with two attached hydrogens (primary N) is 1. The quantitative estimate of drug-likeness (QED) is 0.822. The fourth-order valence-electron chi connectivity index (χ4n) is 2.50. The predicted molar refractivity (Wildman–Crippen MR) is 72.6 cm³/mol. The van der Waals surface area contributed by atoms with Gasteiger partial charge in [-0.3, -0.25) is 4.79 Å². The maximum Gasteiger partial charge on any atom is 0.253 e. The molecule has 0 spiro atoms. The van der Waals surface area contributed by atoms with Gasteiger partial charge in [-0.1, -0.05) is 17.7 Å². The average molecular weight is 265 g/mol. The van der Waals surface area contributed by atoms with Gasteiger partial charge in [0.25, 0.3) is 5.91 Å². The Labute approximate surface area is 112 Å². The fourth-order valence-corrected chi connectivity index (χ4v) is 2.67. The molecule has 0 atom stereocenters. The Morgan fingerprint density at radius 3 is 2.44 bits per heavy atom. The number of carbonyl (C=O) groups excluding carboxylic acids is 1. The SMILES string of the molecule is Nc1c(Cl)cccc1C(=O)NC(C1CC1)C1CC1. The monoisotopic (exact) mass is 264 g/mol. The van der Waals surface area contributed by atoms with Crippen molar-refractivity contribution in [3.8, 4) is 0 Å². The molecular formula is C14H17ClN2O. The Kier molecular flexibility index (Phi) is 2.94. The number of para-hydroxylation sites is 1. The molecule has 4 heteroatoms. The summed E-state index contributed by atoms with van der Waals surface area (Å²) < 4.78 is 0. The van der Waals surface area contributed by atoms with Crippen LogP contribution in [-0.2, 0) is 0 Å². The van der Waals surface area contributed by atoms with Crippen LogP contribution >= 0.6 is 11.6 Å². The minimum atomic E-state index is -0.0844. The summed E-state index contributed by atoms with van der Waals surface area (Å²) in [6.07, 6.45) is 4.97. The maximum absolute atomic E-state index is 12.2. The minimum absolute atomic E-state index is 0.0844. The van der Waals surface area contributed by atoms with E-state index in [1.165, 1.54) is 25.7 Å². The summed E-state index contributed by atoms with van der Waals surface area (Å²) in [6.45, 7) is 0. The lowest BCUT2D eigenvalue weighted by molar-refractivity contribution is 0.0927. The normalized spacial score (nSPS) is 19.0. The molecule has 1 amide bonds. The second-order valence-corrected chi connectivity index (χ2v) is 5.78. The Morgan fingerprint density at radius 1 is 1.28 bits per heavy atom.